The lowest BCUT2D eigenvalue weighted by molar-refractivity contribution is -0.0701. The monoisotopic (exact) mass is 314 g/mol. The van der Waals surface area contributed by atoms with Gasteiger partial charge in [0, 0.05) is 0 Å². The molecule has 0 aromatic rings. The minimum atomic E-state index is -0.0908. The van der Waals surface area contributed by atoms with E-state index in [2.05, 4.69) is 6.92 Å². The van der Waals surface area contributed by atoms with Crippen LogP contribution in [0.15, 0.2) is 0 Å². The number of aliphatic hydroxyl groups excluding tert-OH is 1. The summed E-state index contributed by atoms with van der Waals surface area (Å²) in [6.07, 6.45) is 18.8. The van der Waals surface area contributed by atoms with Gasteiger partial charge in [0.25, 0.3) is 0 Å². The van der Waals surface area contributed by atoms with E-state index in [1.807, 2.05) is 0 Å². The molecule has 1 heterocycles. The highest BCUT2D eigenvalue weighted by atomic mass is 16.7. The molecule has 0 unspecified atom stereocenters. The molecule has 0 amide bonds. The molecule has 0 aromatic carbocycles. The predicted octanol–water partition coefficient (Wildman–Crippen LogP) is 5.20. The Kier molecular flexibility index (Phi) is 13.1. The summed E-state index contributed by atoms with van der Waals surface area (Å²) < 4.78 is 11.0. The Labute approximate surface area is 137 Å². The van der Waals surface area contributed by atoms with Crippen molar-refractivity contribution < 1.29 is 14.6 Å². The van der Waals surface area contributed by atoms with Gasteiger partial charge in [-0.05, 0) is 12.8 Å². The number of aliphatic hydroxyl groups is 1. The first-order valence-corrected chi connectivity index (χ1v) is 9.74. The fourth-order valence-electron chi connectivity index (χ4n) is 3.08. The first kappa shape index (κ1) is 19.9. The molecule has 132 valence electrons. The summed E-state index contributed by atoms with van der Waals surface area (Å²) in [7, 11) is 0. The maximum Gasteiger partial charge on any atom is 0.158 e. The molecule has 0 aromatic heterocycles. The topological polar surface area (TPSA) is 38.7 Å². The number of rotatable bonds is 15. The van der Waals surface area contributed by atoms with Crippen molar-refractivity contribution in [2.75, 3.05) is 13.2 Å². The van der Waals surface area contributed by atoms with Gasteiger partial charge in [-0.2, -0.15) is 0 Å². The van der Waals surface area contributed by atoms with Gasteiger partial charge in [-0.25, -0.2) is 0 Å². The zero-order valence-corrected chi connectivity index (χ0v) is 14.7. The van der Waals surface area contributed by atoms with Crippen molar-refractivity contribution in [1.29, 1.82) is 0 Å². The van der Waals surface area contributed by atoms with E-state index in [1.165, 1.54) is 83.5 Å². The van der Waals surface area contributed by atoms with E-state index in [4.69, 9.17) is 14.6 Å². The first-order chi connectivity index (χ1) is 10.9. The molecule has 1 rings (SSSR count). The van der Waals surface area contributed by atoms with Crippen molar-refractivity contribution in [1.82, 2.24) is 0 Å². The van der Waals surface area contributed by atoms with Gasteiger partial charge in [-0.3, -0.25) is 0 Å². The second kappa shape index (κ2) is 14.5. The lowest BCUT2D eigenvalue weighted by Gasteiger charge is -2.09. The molecule has 0 aliphatic carbocycles. The van der Waals surface area contributed by atoms with Gasteiger partial charge in [0.2, 0.25) is 0 Å². The van der Waals surface area contributed by atoms with Gasteiger partial charge in [0.1, 0.15) is 6.10 Å². The molecule has 22 heavy (non-hydrogen) atoms. The van der Waals surface area contributed by atoms with Gasteiger partial charge in [0.05, 0.1) is 13.2 Å². The molecule has 3 heteroatoms. The van der Waals surface area contributed by atoms with Gasteiger partial charge in [0.15, 0.2) is 6.29 Å². The molecule has 2 atom stereocenters. The SMILES string of the molecule is CCCCCCCCCCCCCCC[C@H]1OC[C@H](CO)O1. The zero-order valence-electron chi connectivity index (χ0n) is 14.7. The van der Waals surface area contributed by atoms with Crippen LogP contribution in [0.5, 0.6) is 0 Å². The maximum atomic E-state index is 8.96. The number of hydrogen-bond acceptors (Lipinski definition) is 3. The van der Waals surface area contributed by atoms with Crippen LogP contribution in [-0.2, 0) is 9.47 Å². The largest absolute Gasteiger partial charge is 0.394 e. The van der Waals surface area contributed by atoms with E-state index in [1.54, 1.807) is 0 Å². The molecule has 0 bridgehead atoms. The number of unbranched alkanes of at least 4 members (excludes halogenated alkanes) is 12. The highest BCUT2D eigenvalue weighted by Crippen LogP contribution is 2.18. The Bertz CT molecular complexity index is 233. The second-order valence-electron chi connectivity index (χ2n) is 6.73. The van der Waals surface area contributed by atoms with Crippen molar-refractivity contribution in [2.24, 2.45) is 0 Å². The highest BCUT2D eigenvalue weighted by Gasteiger charge is 2.24. The zero-order chi connectivity index (χ0) is 15.9. The molecular weight excluding hydrogens is 276 g/mol. The van der Waals surface area contributed by atoms with Crippen LogP contribution in [0.1, 0.15) is 96.8 Å². The van der Waals surface area contributed by atoms with Crippen LogP contribution in [-0.4, -0.2) is 30.7 Å². The summed E-state index contributed by atoms with van der Waals surface area (Å²) in [6, 6.07) is 0. The summed E-state index contributed by atoms with van der Waals surface area (Å²) in [5.41, 5.74) is 0. The van der Waals surface area contributed by atoms with Crippen LogP contribution in [0.3, 0.4) is 0 Å². The average Bonchev–Trinajstić information content (AvgIpc) is 3.00. The van der Waals surface area contributed by atoms with Crippen molar-refractivity contribution in [3.63, 3.8) is 0 Å². The van der Waals surface area contributed by atoms with E-state index in [0.29, 0.717) is 6.61 Å². The fraction of sp³-hybridized carbons (Fsp3) is 1.00. The summed E-state index contributed by atoms with van der Waals surface area (Å²) >= 11 is 0. The smallest absolute Gasteiger partial charge is 0.158 e. The third-order valence-corrected chi connectivity index (χ3v) is 4.56. The van der Waals surface area contributed by atoms with E-state index in [0.717, 1.165) is 6.42 Å². The minimum Gasteiger partial charge on any atom is -0.394 e. The molecule has 0 spiro atoms. The number of ether oxygens (including phenoxy) is 2. The Morgan fingerprint density at radius 3 is 1.73 bits per heavy atom. The predicted molar refractivity (Wildman–Crippen MR) is 92.0 cm³/mol. The fourth-order valence-corrected chi connectivity index (χ4v) is 3.08. The van der Waals surface area contributed by atoms with Gasteiger partial charge >= 0.3 is 0 Å². The van der Waals surface area contributed by atoms with E-state index in [-0.39, 0.29) is 19.0 Å². The Balaban J connectivity index is 1.72. The van der Waals surface area contributed by atoms with Gasteiger partial charge < -0.3 is 14.6 Å². The minimum absolute atomic E-state index is 0.0649. The first-order valence-electron chi connectivity index (χ1n) is 9.74. The summed E-state index contributed by atoms with van der Waals surface area (Å²) in [4.78, 5) is 0. The Morgan fingerprint density at radius 2 is 1.27 bits per heavy atom. The van der Waals surface area contributed by atoms with Crippen molar-refractivity contribution in [3.05, 3.63) is 0 Å². The lowest BCUT2D eigenvalue weighted by Crippen LogP contribution is -2.16. The number of hydrogen-bond donors (Lipinski definition) is 1. The van der Waals surface area contributed by atoms with Crippen LogP contribution in [0.4, 0.5) is 0 Å². The molecule has 1 fully saturated rings. The van der Waals surface area contributed by atoms with Crippen LogP contribution in [0.25, 0.3) is 0 Å². The third-order valence-electron chi connectivity index (χ3n) is 4.56. The quantitative estimate of drug-likeness (QED) is 0.422. The Morgan fingerprint density at radius 1 is 0.773 bits per heavy atom. The van der Waals surface area contributed by atoms with Crippen LogP contribution in [0, 0.1) is 0 Å². The van der Waals surface area contributed by atoms with Crippen molar-refractivity contribution in [3.8, 4) is 0 Å². The molecule has 3 nitrogen and oxygen atoms in total. The molecule has 0 saturated carbocycles. The van der Waals surface area contributed by atoms with Crippen LogP contribution < -0.4 is 0 Å². The van der Waals surface area contributed by atoms with E-state index < -0.39 is 0 Å². The molecule has 1 saturated heterocycles. The van der Waals surface area contributed by atoms with Gasteiger partial charge in [-0.1, -0.05) is 84.0 Å². The third kappa shape index (κ3) is 10.6. The van der Waals surface area contributed by atoms with Crippen LogP contribution >= 0.6 is 0 Å². The standard InChI is InChI=1S/C19H38O3/c1-2-3-4-5-6-7-8-9-10-11-12-13-14-15-19-21-17-18(16-20)22-19/h18-20H,2-17H2,1H3/t18-,19-/m0/s1. The molecule has 1 aliphatic heterocycles. The molecule has 0 radical (unpaired) electrons. The van der Waals surface area contributed by atoms with Crippen LogP contribution in [0.2, 0.25) is 0 Å². The van der Waals surface area contributed by atoms with Crippen molar-refractivity contribution in [2.45, 2.75) is 109 Å². The maximum absolute atomic E-state index is 8.96. The molecule has 1 aliphatic rings. The second-order valence-corrected chi connectivity index (χ2v) is 6.73. The van der Waals surface area contributed by atoms with E-state index in [9.17, 15) is 0 Å². The molecular formula is C19H38O3. The van der Waals surface area contributed by atoms with Crippen molar-refractivity contribution >= 4 is 0 Å². The average molecular weight is 315 g/mol. The molecule has 1 N–H and O–H groups in total. The highest BCUT2D eigenvalue weighted by molar-refractivity contribution is 4.64. The summed E-state index contributed by atoms with van der Waals surface area (Å²) in [6.45, 7) is 2.91. The summed E-state index contributed by atoms with van der Waals surface area (Å²) in [5.74, 6) is 0. The Hall–Kier alpha value is -0.120. The summed E-state index contributed by atoms with van der Waals surface area (Å²) in [5, 5.41) is 8.96. The normalized spacial score (nSPS) is 21.5. The lowest BCUT2D eigenvalue weighted by atomic mass is 10.0. The van der Waals surface area contributed by atoms with Gasteiger partial charge in [-0.15, -0.1) is 0 Å². The van der Waals surface area contributed by atoms with E-state index >= 15 is 0 Å².